The average molecular weight is 284 g/mol. The van der Waals surface area contributed by atoms with Crippen LogP contribution in [0.15, 0.2) is 36.5 Å². The Morgan fingerprint density at radius 2 is 1.95 bits per heavy atom. The summed E-state index contributed by atoms with van der Waals surface area (Å²) in [7, 11) is 0. The Hall–Kier alpha value is -2.10. The van der Waals surface area contributed by atoms with Crippen molar-refractivity contribution in [1.82, 2.24) is 9.97 Å². The molecule has 1 aromatic heterocycles. The van der Waals surface area contributed by atoms with Crippen LogP contribution in [0, 0.1) is 6.92 Å². The zero-order chi connectivity index (χ0) is 15.1. The van der Waals surface area contributed by atoms with Gasteiger partial charge in [0.1, 0.15) is 5.82 Å². The van der Waals surface area contributed by atoms with Gasteiger partial charge < -0.3 is 10.6 Å². The number of anilines is 2. The number of hydrogen-bond donors (Lipinski definition) is 2. The van der Waals surface area contributed by atoms with Crippen LogP contribution in [0.4, 0.5) is 11.8 Å². The van der Waals surface area contributed by atoms with Gasteiger partial charge in [0.05, 0.1) is 0 Å². The predicted octanol–water partition coefficient (Wildman–Crippen LogP) is 3.65. The highest BCUT2D eigenvalue weighted by atomic mass is 15.1. The maximum atomic E-state index is 4.56. The van der Waals surface area contributed by atoms with Crippen LogP contribution in [-0.4, -0.2) is 22.6 Å². The summed E-state index contributed by atoms with van der Waals surface area (Å²) in [5.74, 6) is 1.60. The highest BCUT2D eigenvalue weighted by Crippen LogP contribution is 2.15. The van der Waals surface area contributed by atoms with Crippen molar-refractivity contribution in [3.05, 3.63) is 47.7 Å². The fourth-order valence-corrected chi connectivity index (χ4v) is 2.16. The molecule has 0 amide bonds. The molecule has 2 N–H and O–H groups in total. The maximum absolute atomic E-state index is 4.56. The normalized spacial score (nSPS) is 12.0. The lowest BCUT2D eigenvalue weighted by atomic mass is 10.1. The lowest BCUT2D eigenvalue weighted by Crippen LogP contribution is -2.20. The molecule has 0 bridgehead atoms. The van der Waals surface area contributed by atoms with Crippen molar-refractivity contribution >= 4 is 11.8 Å². The summed E-state index contributed by atoms with van der Waals surface area (Å²) >= 11 is 0. The molecule has 0 aliphatic heterocycles. The van der Waals surface area contributed by atoms with Crippen molar-refractivity contribution < 1.29 is 0 Å². The number of rotatable bonds is 7. The molecule has 112 valence electrons. The Balaban J connectivity index is 2.00. The first-order valence-electron chi connectivity index (χ1n) is 7.57. The predicted molar refractivity (Wildman–Crippen MR) is 88.8 cm³/mol. The van der Waals surface area contributed by atoms with E-state index in [1.54, 1.807) is 0 Å². The van der Waals surface area contributed by atoms with E-state index in [9.17, 15) is 0 Å². The first-order chi connectivity index (χ1) is 10.2. The summed E-state index contributed by atoms with van der Waals surface area (Å²) < 4.78 is 0. The summed E-state index contributed by atoms with van der Waals surface area (Å²) in [4.78, 5) is 8.86. The first-order valence-corrected chi connectivity index (χ1v) is 7.57. The largest absolute Gasteiger partial charge is 0.367 e. The third-order valence-corrected chi connectivity index (χ3v) is 3.27. The van der Waals surface area contributed by atoms with Crippen LogP contribution in [0.2, 0.25) is 0 Å². The third kappa shape index (κ3) is 4.74. The Bertz CT molecular complexity index is 554. The second-order valence-corrected chi connectivity index (χ2v) is 5.39. The van der Waals surface area contributed by atoms with Gasteiger partial charge in [0.25, 0.3) is 0 Å². The standard InChI is InChI=1S/C17H24N4/c1-4-10-18-17-19-12-13(2)16(21-17)20-14(3)11-15-8-6-5-7-9-15/h5-9,12,14H,4,10-11H2,1-3H3,(H2,18,19,20,21). The van der Waals surface area contributed by atoms with Crippen LogP contribution < -0.4 is 10.6 Å². The molecule has 1 atom stereocenters. The molecule has 4 nitrogen and oxygen atoms in total. The minimum atomic E-state index is 0.319. The molecule has 0 fully saturated rings. The minimum Gasteiger partial charge on any atom is -0.367 e. The summed E-state index contributed by atoms with van der Waals surface area (Å²) in [6, 6.07) is 10.8. The zero-order valence-corrected chi connectivity index (χ0v) is 13.1. The number of benzene rings is 1. The van der Waals surface area contributed by atoms with E-state index in [1.165, 1.54) is 5.56 Å². The van der Waals surface area contributed by atoms with Crippen LogP contribution in [0.1, 0.15) is 31.4 Å². The molecular formula is C17H24N4. The van der Waals surface area contributed by atoms with E-state index >= 15 is 0 Å². The van der Waals surface area contributed by atoms with Crippen molar-refractivity contribution in [3.63, 3.8) is 0 Å². The van der Waals surface area contributed by atoms with Crippen molar-refractivity contribution in [2.75, 3.05) is 17.2 Å². The summed E-state index contributed by atoms with van der Waals surface area (Å²) in [6.45, 7) is 7.22. The molecule has 0 spiro atoms. The van der Waals surface area contributed by atoms with Crippen LogP contribution >= 0.6 is 0 Å². The van der Waals surface area contributed by atoms with E-state index in [0.717, 1.165) is 30.8 Å². The summed E-state index contributed by atoms with van der Waals surface area (Å²) in [5.41, 5.74) is 2.39. The van der Waals surface area contributed by atoms with Crippen molar-refractivity contribution in [2.45, 2.75) is 39.7 Å². The maximum Gasteiger partial charge on any atom is 0.224 e. The van der Waals surface area contributed by atoms with Crippen molar-refractivity contribution in [3.8, 4) is 0 Å². The highest BCUT2D eigenvalue weighted by Gasteiger charge is 2.08. The van der Waals surface area contributed by atoms with Crippen LogP contribution in [0.3, 0.4) is 0 Å². The lowest BCUT2D eigenvalue weighted by Gasteiger charge is -2.17. The zero-order valence-electron chi connectivity index (χ0n) is 13.1. The average Bonchev–Trinajstić information content (AvgIpc) is 2.49. The van der Waals surface area contributed by atoms with E-state index in [4.69, 9.17) is 0 Å². The lowest BCUT2D eigenvalue weighted by molar-refractivity contribution is 0.781. The number of nitrogens with zero attached hydrogens (tertiary/aromatic N) is 2. The van der Waals surface area contributed by atoms with Gasteiger partial charge in [-0.3, -0.25) is 0 Å². The Kier molecular flexibility index (Phi) is 5.55. The summed E-state index contributed by atoms with van der Waals surface area (Å²) in [6.07, 6.45) is 3.90. The van der Waals surface area contributed by atoms with Crippen LogP contribution in [-0.2, 0) is 6.42 Å². The number of aromatic nitrogens is 2. The Labute approximate surface area is 127 Å². The van der Waals surface area contributed by atoms with E-state index < -0.39 is 0 Å². The van der Waals surface area contributed by atoms with E-state index in [0.29, 0.717) is 12.0 Å². The van der Waals surface area contributed by atoms with Gasteiger partial charge in [-0.1, -0.05) is 37.3 Å². The molecule has 4 heteroatoms. The smallest absolute Gasteiger partial charge is 0.224 e. The van der Waals surface area contributed by atoms with E-state index in [-0.39, 0.29) is 0 Å². The quantitative estimate of drug-likeness (QED) is 0.815. The molecule has 0 aliphatic rings. The van der Waals surface area contributed by atoms with Gasteiger partial charge in [0.15, 0.2) is 0 Å². The molecular weight excluding hydrogens is 260 g/mol. The number of aryl methyl sites for hydroxylation is 1. The molecule has 1 heterocycles. The fourth-order valence-electron chi connectivity index (χ4n) is 2.16. The van der Waals surface area contributed by atoms with Gasteiger partial charge in [-0.15, -0.1) is 0 Å². The van der Waals surface area contributed by atoms with Gasteiger partial charge in [-0.05, 0) is 32.3 Å². The Morgan fingerprint density at radius 1 is 1.19 bits per heavy atom. The van der Waals surface area contributed by atoms with Gasteiger partial charge in [-0.2, -0.15) is 4.98 Å². The molecule has 0 saturated heterocycles. The fraction of sp³-hybridized carbons (Fsp3) is 0.412. The van der Waals surface area contributed by atoms with E-state index in [1.807, 2.05) is 19.2 Å². The van der Waals surface area contributed by atoms with Gasteiger partial charge in [0.2, 0.25) is 5.95 Å². The van der Waals surface area contributed by atoms with Gasteiger partial charge in [0, 0.05) is 24.3 Å². The molecule has 2 rings (SSSR count). The van der Waals surface area contributed by atoms with E-state index in [2.05, 4.69) is 58.7 Å². The van der Waals surface area contributed by atoms with Crippen LogP contribution in [0.5, 0.6) is 0 Å². The topological polar surface area (TPSA) is 49.8 Å². The highest BCUT2D eigenvalue weighted by molar-refractivity contribution is 5.47. The molecule has 2 aromatic rings. The minimum absolute atomic E-state index is 0.319. The molecule has 1 aromatic carbocycles. The van der Waals surface area contributed by atoms with Crippen molar-refractivity contribution in [1.29, 1.82) is 0 Å². The summed E-state index contributed by atoms with van der Waals surface area (Å²) in [5, 5.41) is 6.71. The van der Waals surface area contributed by atoms with Crippen LogP contribution in [0.25, 0.3) is 0 Å². The monoisotopic (exact) mass is 284 g/mol. The van der Waals surface area contributed by atoms with Gasteiger partial charge >= 0.3 is 0 Å². The number of hydrogen-bond acceptors (Lipinski definition) is 4. The third-order valence-electron chi connectivity index (χ3n) is 3.27. The van der Waals surface area contributed by atoms with Gasteiger partial charge in [-0.25, -0.2) is 4.98 Å². The second-order valence-electron chi connectivity index (χ2n) is 5.39. The molecule has 1 unspecified atom stereocenters. The number of nitrogens with one attached hydrogen (secondary N) is 2. The first kappa shape index (κ1) is 15.3. The molecule has 0 aliphatic carbocycles. The molecule has 21 heavy (non-hydrogen) atoms. The molecule has 0 radical (unpaired) electrons. The SMILES string of the molecule is CCCNc1ncc(C)c(NC(C)Cc2ccccc2)n1. The Morgan fingerprint density at radius 3 is 2.67 bits per heavy atom. The van der Waals surface area contributed by atoms with Crippen molar-refractivity contribution in [2.24, 2.45) is 0 Å². The molecule has 0 saturated carbocycles. The second kappa shape index (κ2) is 7.62.